The molecule has 0 saturated heterocycles. The highest BCUT2D eigenvalue weighted by atomic mass is 19.3. The third-order valence-electron chi connectivity index (χ3n) is 1.66. The molecule has 0 unspecified atom stereocenters. The van der Waals surface area contributed by atoms with Crippen LogP contribution in [-0.2, 0) is 0 Å². The molecule has 0 aliphatic heterocycles. The molecule has 0 bridgehead atoms. The highest BCUT2D eigenvalue weighted by Gasteiger charge is 2.44. The van der Waals surface area contributed by atoms with Crippen LogP contribution in [0.2, 0.25) is 0 Å². The molecule has 0 amide bonds. The maximum Gasteiger partial charge on any atom is 0.488 e. The number of alkyl halides is 4. The van der Waals surface area contributed by atoms with Crippen LogP contribution >= 0.6 is 0 Å². The number of hydrogen-bond donors (Lipinski definition) is 2. The number of halogens is 4. The van der Waals surface area contributed by atoms with Gasteiger partial charge in [0.1, 0.15) is 5.75 Å². The topological polar surface area (TPSA) is 49.7 Å². The molecule has 1 rings (SSSR count). The fourth-order valence-electron chi connectivity index (χ4n) is 0.940. The van der Waals surface area contributed by atoms with Crippen LogP contribution in [-0.4, -0.2) is 29.7 Å². The Hall–Kier alpha value is -1.28. The van der Waals surface area contributed by atoms with Gasteiger partial charge in [0.2, 0.25) is 0 Å². The molecule has 0 fully saturated rings. The standard InChI is InChI=1S/C8H7BF4O3/c10-7(11)8(12,13)16-6-3-1-2-5(4-6)9(14)15/h1-4,7,14-15H. The molecule has 88 valence electrons. The van der Waals surface area contributed by atoms with E-state index in [9.17, 15) is 17.6 Å². The third-order valence-corrected chi connectivity index (χ3v) is 1.66. The van der Waals surface area contributed by atoms with Gasteiger partial charge in [-0.25, -0.2) is 0 Å². The molecule has 3 nitrogen and oxygen atoms in total. The summed E-state index contributed by atoms with van der Waals surface area (Å²) in [4.78, 5) is 0. The first-order chi connectivity index (χ1) is 7.33. The summed E-state index contributed by atoms with van der Waals surface area (Å²) in [5.41, 5.74) is -0.137. The van der Waals surface area contributed by atoms with E-state index in [1.54, 1.807) is 0 Å². The minimum Gasteiger partial charge on any atom is -0.428 e. The second kappa shape index (κ2) is 4.71. The largest absolute Gasteiger partial charge is 0.488 e. The maximum atomic E-state index is 12.5. The summed E-state index contributed by atoms with van der Waals surface area (Å²) in [6.45, 7) is 0. The average molecular weight is 238 g/mol. The zero-order valence-electron chi connectivity index (χ0n) is 7.78. The van der Waals surface area contributed by atoms with Crippen molar-refractivity contribution in [1.82, 2.24) is 0 Å². The molecular weight excluding hydrogens is 231 g/mol. The van der Waals surface area contributed by atoms with Gasteiger partial charge in [-0.15, -0.1) is 0 Å². The Morgan fingerprint density at radius 3 is 2.38 bits per heavy atom. The molecule has 16 heavy (non-hydrogen) atoms. The van der Waals surface area contributed by atoms with Crippen LogP contribution in [0.15, 0.2) is 24.3 Å². The van der Waals surface area contributed by atoms with Gasteiger partial charge in [-0.1, -0.05) is 12.1 Å². The Labute approximate surface area is 88.4 Å². The van der Waals surface area contributed by atoms with Crippen LogP contribution in [0.25, 0.3) is 0 Å². The lowest BCUT2D eigenvalue weighted by atomic mass is 9.80. The molecule has 1 aromatic rings. The lowest BCUT2D eigenvalue weighted by Gasteiger charge is -2.17. The first kappa shape index (κ1) is 12.8. The van der Waals surface area contributed by atoms with Gasteiger partial charge in [0.05, 0.1) is 0 Å². The van der Waals surface area contributed by atoms with Crippen molar-refractivity contribution in [2.75, 3.05) is 0 Å². The van der Waals surface area contributed by atoms with E-state index < -0.39 is 25.4 Å². The Morgan fingerprint density at radius 2 is 1.88 bits per heavy atom. The Kier molecular flexibility index (Phi) is 3.76. The molecule has 0 atom stereocenters. The van der Waals surface area contributed by atoms with Gasteiger partial charge in [0, 0.05) is 0 Å². The number of ether oxygens (including phenoxy) is 1. The van der Waals surface area contributed by atoms with Crippen LogP contribution < -0.4 is 10.2 Å². The third kappa shape index (κ3) is 3.11. The van der Waals surface area contributed by atoms with E-state index in [-0.39, 0.29) is 5.46 Å². The fourth-order valence-corrected chi connectivity index (χ4v) is 0.940. The lowest BCUT2D eigenvalue weighted by molar-refractivity contribution is -0.253. The van der Waals surface area contributed by atoms with E-state index in [2.05, 4.69) is 4.74 Å². The van der Waals surface area contributed by atoms with E-state index >= 15 is 0 Å². The zero-order valence-corrected chi connectivity index (χ0v) is 7.78. The summed E-state index contributed by atoms with van der Waals surface area (Å²) in [7, 11) is -1.89. The summed E-state index contributed by atoms with van der Waals surface area (Å²) >= 11 is 0. The summed E-state index contributed by atoms with van der Waals surface area (Å²) in [6.07, 6.45) is -8.57. The molecule has 0 spiro atoms. The van der Waals surface area contributed by atoms with E-state index in [1.165, 1.54) is 12.1 Å². The minimum absolute atomic E-state index is 0.137. The van der Waals surface area contributed by atoms with E-state index in [0.29, 0.717) is 0 Å². The average Bonchev–Trinajstić information content (AvgIpc) is 2.17. The number of hydrogen-bond acceptors (Lipinski definition) is 3. The van der Waals surface area contributed by atoms with Crippen molar-refractivity contribution in [3.63, 3.8) is 0 Å². The minimum atomic E-state index is -4.61. The van der Waals surface area contributed by atoms with Crippen LogP contribution in [0.3, 0.4) is 0 Å². The van der Waals surface area contributed by atoms with Crippen molar-refractivity contribution in [2.45, 2.75) is 12.5 Å². The maximum absolute atomic E-state index is 12.5. The molecule has 0 radical (unpaired) electrons. The van der Waals surface area contributed by atoms with Crippen LogP contribution in [0.5, 0.6) is 5.75 Å². The Bertz CT molecular complexity index is 359. The normalized spacial score (nSPS) is 11.7. The highest BCUT2D eigenvalue weighted by Crippen LogP contribution is 2.26. The van der Waals surface area contributed by atoms with Crippen molar-refractivity contribution < 1.29 is 32.3 Å². The van der Waals surface area contributed by atoms with Gasteiger partial charge in [-0.2, -0.15) is 17.6 Å². The smallest absolute Gasteiger partial charge is 0.428 e. The second-order valence-corrected chi connectivity index (χ2v) is 2.91. The van der Waals surface area contributed by atoms with Crippen molar-refractivity contribution in [3.8, 4) is 5.75 Å². The van der Waals surface area contributed by atoms with Gasteiger partial charge in [0.15, 0.2) is 0 Å². The van der Waals surface area contributed by atoms with Gasteiger partial charge >= 0.3 is 19.7 Å². The van der Waals surface area contributed by atoms with E-state index in [0.717, 1.165) is 12.1 Å². The summed E-state index contributed by atoms with van der Waals surface area (Å²) < 4.78 is 52.3. The Morgan fingerprint density at radius 1 is 1.25 bits per heavy atom. The van der Waals surface area contributed by atoms with Gasteiger partial charge < -0.3 is 14.8 Å². The second-order valence-electron chi connectivity index (χ2n) is 2.91. The monoisotopic (exact) mass is 238 g/mol. The van der Waals surface area contributed by atoms with Crippen molar-refractivity contribution >= 4 is 12.6 Å². The van der Waals surface area contributed by atoms with Crippen molar-refractivity contribution in [2.24, 2.45) is 0 Å². The van der Waals surface area contributed by atoms with Gasteiger partial charge in [-0.3, -0.25) is 0 Å². The van der Waals surface area contributed by atoms with Gasteiger partial charge in [-0.05, 0) is 17.6 Å². The molecule has 0 aromatic heterocycles. The lowest BCUT2D eigenvalue weighted by Crippen LogP contribution is -2.34. The molecular formula is C8H7BF4O3. The van der Waals surface area contributed by atoms with Crippen molar-refractivity contribution in [1.29, 1.82) is 0 Å². The molecule has 0 aliphatic rings. The van der Waals surface area contributed by atoms with Crippen LogP contribution in [0, 0.1) is 0 Å². The first-order valence-corrected chi connectivity index (χ1v) is 4.14. The quantitative estimate of drug-likeness (QED) is 0.596. The molecule has 2 N–H and O–H groups in total. The number of rotatable bonds is 4. The molecule has 8 heteroatoms. The SMILES string of the molecule is OB(O)c1cccc(OC(F)(F)C(F)F)c1. The summed E-state index contributed by atoms with van der Waals surface area (Å²) in [5.74, 6) is -0.573. The molecule has 1 aromatic carbocycles. The van der Waals surface area contributed by atoms with E-state index in [4.69, 9.17) is 10.0 Å². The van der Waals surface area contributed by atoms with Crippen LogP contribution in [0.1, 0.15) is 0 Å². The van der Waals surface area contributed by atoms with Crippen LogP contribution in [0.4, 0.5) is 17.6 Å². The molecule has 0 saturated carbocycles. The molecule has 0 heterocycles. The highest BCUT2D eigenvalue weighted by molar-refractivity contribution is 6.58. The van der Waals surface area contributed by atoms with Crippen molar-refractivity contribution in [3.05, 3.63) is 24.3 Å². The fraction of sp³-hybridized carbons (Fsp3) is 0.250. The zero-order chi connectivity index (χ0) is 12.3. The number of benzene rings is 1. The summed E-state index contributed by atoms with van der Waals surface area (Å²) in [6, 6.07) is 4.23. The summed E-state index contributed by atoms with van der Waals surface area (Å²) in [5, 5.41) is 17.4. The Balaban J connectivity index is 2.86. The molecule has 0 aliphatic carbocycles. The predicted octanol–water partition coefficient (Wildman–Crippen LogP) is 0.603. The first-order valence-electron chi connectivity index (χ1n) is 4.14. The predicted molar refractivity (Wildman–Crippen MR) is 47.8 cm³/mol. The van der Waals surface area contributed by atoms with E-state index in [1.807, 2.05) is 0 Å². The van der Waals surface area contributed by atoms with Gasteiger partial charge in [0.25, 0.3) is 0 Å².